The molecule has 0 aromatic carbocycles. The van der Waals surface area contributed by atoms with Crippen molar-refractivity contribution in [2.45, 2.75) is 37.6 Å². The Morgan fingerprint density at radius 3 is 2.73 bits per heavy atom. The minimum atomic E-state index is -0.0932. The van der Waals surface area contributed by atoms with Gasteiger partial charge in [0.25, 0.3) is 5.91 Å². The largest absolute Gasteiger partial charge is 0.342 e. The Kier molecular flexibility index (Phi) is 4.50. The van der Waals surface area contributed by atoms with Crippen LogP contribution < -0.4 is 0 Å². The van der Waals surface area contributed by atoms with Crippen LogP contribution in [0.3, 0.4) is 0 Å². The molecule has 2 saturated heterocycles. The summed E-state index contributed by atoms with van der Waals surface area (Å²) in [5.74, 6) is 1.06. The minimum Gasteiger partial charge on any atom is -0.342 e. The van der Waals surface area contributed by atoms with Crippen LogP contribution in [0.1, 0.15) is 42.5 Å². The maximum atomic E-state index is 12.9. The Labute approximate surface area is 154 Å². The molecule has 3 aliphatic rings. The van der Waals surface area contributed by atoms with Crippen molar-refractivity contribution in [3.63, 3.8) is 0 Å². The number of likely N-dealkylation sites (N-methyl/N-ethyl adjacent to an activating group) is 1. The van der Waals surface area contributed by atoms with Gasteiger partial charge in [-0.25, -0.2) is 0 Å². The highest BCUT2D eigenvalue weighted by atomic mass is 16.2. The first-order chi connectivity index (χ1) is 12.5. The van der Waals surface area contributed by atoms with Crippen LogP contribution in [0.15, 0.2) is 12.4 Å². The Balaban J connectivity index is 1.48. The first-order valence-electron chi connectivity index (χ1n) is 9.74. The molecule has 2 aliphatic heterocycles. The van der Waals surface area contributed by atoms with Gasteiger partial charge in [-0.05, 0) is 38.6 Å². The summed E-state index contributed by atoms with van der Waals surface area (Å²) < 4.78 is 1.67. The number of piperazine rings is 1. The third kappa shape index (κ3) is 3.37. The van der Waals surface area contributed by atoms with Crippen LogP contribution >= 0.6 is 0 Å². The fourth-order valence-electron chi connectivity index (χ4n) is 4.39. The van der Waals surface area contributed by atoms with Gasteiger partial charge in [-0.3, -0.25) is 19.2 Å². The van der Waals surface area contributed by atoms with Crippen LogP contribution in [0.25, 0.3) is 0 Å². The molecular formula is C19H29N5O2. The summed E-state index contributed by atoms with van der Waals surface area (Å²) in [5.41, 5.74) is 0.552. The second-order valence-electron chi connectivity index (χ2n) is 8.31. The molecule has 1 aromatic heterocycles. The summed E-state index contributed by atoms with van der Waals surface area (Å²) in [6.45, 7) is 4.02. The first-order valence-corrected chi connectivity index (χ1v) is 9.74. The molecule has 3 fully saturated rings. The van der Waals surface area contributed by atoms with Crippen LogP contribution in [0.2, 0.25) is 0 Å². The van der Waals surface area contributed by atoms with E-state index in [1.807, 2.05) is 11.9 Å². The number of rotatable bonds is 3. The summed E-state index contributed by atoms with van der Waals surface area (Å²) in [5, 5.41) is 4.13. The molecule has 0 radical (unpaired) electrons. The number of carbonyl (C=O) groups is 2. The third-order valence-corrected chi connectivity index (χ3v) is 6.42. The first kappa shape index (κ1) is 17.5. The van der Waals surface area contributed by atoms with Crippen LogP contribution in [-0.2, 0) is 11.8 Å². The van der Waals surface area contributed by atoms with Gasteiger partial charge >= 0.3 is 0 Å². The number of hydrogen-bond donors (Lipinski definition) is 0. The normalized spacial score (nSPS) is 27.8. The molecule has 1 atom stereocenters. The average Bonchev–Trinajstić information content (AvgIpc) is 3.37. The lowest BCUT2D eigenvalue weighted by molar-refractivity contribution is -0.130. The molecular weight excluding hydrogens is 330 g/mol. The van der Waals surface area contributed by atoms with E-state index in [0.29, 0.717) is 18.5 Å². The summed E-state index contributed by atoms with van der Waals surface area (Å²) in [6.07, 6.45) is 8.32. The monoisotopic (exact) mass is 359 g/mol. The van der Waals surface area contributed by atoms with Gasteiger partial charge in [0.05, 0.1) is 11.8 Å². The van der Waals surface area contributed by atoms with Crippen molar-refractivity contribution in [1.82, 2.24) is 24.5 Å². The maximum absolute atomic E-state index is 12.9. The van der Waals surface area contributed by atoms with E-state index in [9.17, 15) is 9.59 Å². The number of aromatic nitrogens is 2. The molecule has 26 heavy (non-hydrogen) atoms. The summed E-state index contributed by atoms with van der Waals surface area (Å²) in [4.78, 5) is 31.9. The predicted octanol–water partition coefficient (Wildman–Crippen LogP) is 0.969. The second-order valence-corrected chi connectivity index (χ2v) is 8.31. The Morgan fingerprint density at radius 2 is 2.04 bits per heavy atom. The Morgan fingerprint density at radius 1 is 1.23 bits per heavy atom. The smallest absolute Gasteiger partial charge is 0.257 e. The van der Waals surface area contributed by atoms with Gasteiger partial charge in [-0.2, -0.15) is 5.10 Å². The van der Waals surface area contributed by atoms with Gasteiger partial charge in [-0.1, -0.05) is 0 Å². The van der Waals surface area contributed by atoms with Crippen LogP contribution in [-0.4, -0.2) is 81.6 Å². The number of carbonyl (C=O) groups excluding carboxylic acids is 2. The summed E-state index contributed by atoms with van der Waals surface area (Å²) in [7, 11) is 3.97. The molecule has 3 heterocycles. The number of nitrogens with zero attached hydrogens (tertiary/aromatic N) is 5. The van der Waals surface area contributed by atoms with Crippen molar-refractivity contribution in [3.05, 3.63) is 18.0 Å². The van der Waals surface area contributed by atoms with Crippen molar-refractivity contribution in [1.29, 1.82) is 0 Å². The van der Waals surface area contributed by atoms with Gasteiger partial charge < -0.3 is 9.80 Å². The lowest BCUT2D eigenvalue weighted by atomic mass is 9.86. The van der Waals surface area contributed by atoms with Crippen molar-refractivity contribution >= 4 is 11.8 Å². The van der Waals surface area contributed by atoms with E-state index in [4.69, 9.17) is 0 Å². The van der Waals surface area contributed by atoms with Crippen LogP contribution in [0, 0.1) is 5.92 Å². The fourth-order valence-corrected chi connectivity index (χ4v) is 4.39. The molecule has 7 nitrogen and oxygen atoms in total. The molecule has 1 aliphatic carbocycles. The highest BCUT2D eigenvalue weighted by Crippen LogP contribution is 2.35. The van der Waals surface area contributed by atoms with Gasteiger partial charge in [0, 0.05) is 57.9 Å². The lowest BCUT2D eigenvalue weighted by Crippen LogP contribution is -2.62. The van der Waals surface area contributed by atoms with Gasteiger partial charge in [-0.15, -0.1) is 0 Å². The van der Waals surface area contributed by atoms with E-state index >= 15 is 0 Å². The number of amides is 2. The Hall–Kier alpha value is -1.89. The fraction of sp³-hybridized carbons (Fsp3) is 0.737. The summed E-state index contributed by atoms with van der Waals surface area (Å²) in [6, 6.07) is 0. The molecule has 4 rings (SSSR count). The van der Waals surface area contributed by atoms with E-state index in [2.05, 4.69) is 21.9 Å². The minimum absolute atomic E-state index is 0.0518. The zero-order valence-electron chi connectivity index (χ0n) is 15.9. The van der Waals surface area contributed by atoms with Crippen molar-refractivity contribution in [3.8, 4) is 0 Å². The molecule has 142 valence electrons. The topological polar surface area (TPSA) is 61.7 Å². The van der Waals surface area contributed by atoms with Crippen LogP contribution in [0.5, 0.6) is 0 Å². The zero-order chi connectivity index (χ0) is 18.3. The molecule has 0 bridgehead atoms. The molecule has 0 unspecified atom stereocenters. The lowest BCUT2D eigenvalue weighted by Gasteiger charge is -2.49. The number of hydrogen-bond acceptors (Lipinski definition) is 4. The average molecular weight is 359 g/mol. The zero-order valence-corrected chi connectivity index (χ0v) is 15.9. The van der Waals surface area contributed by atoms with E-state index in [-0.39, 0.29) is 17.4 Å². The summed E-state index contributed by atoms with van der Waals surface area (Å²) >= 11 is 0. The molecule has 1 saturated carbocycles. The van der Waals surface area contributed by atoms with Crippen molar-refractivity contribution in [2.75, 3.05) is 39.8 Å². The standard InChI is InChI=1S/C19H29N5O2/c1-21-9-10-24(18(26)16-11-20-22(2)13-16)14-19(21)6-5-17(25)23(8-7-19)12-15-3-4-15/h11,13,15H,3-10,12,14H2,1-2H3/t19-/m1/s1. The molecule has 1 spiro atoms. The highest BCUT2D eigenvalue weighted by molar-refractivity contribution is 5.93. The molecule has 2 amide bonds. The van der Waals surface area contributed by atoms with Gasteiger partial charge in [0.2, 0.25) is 5.91 Å². The number of aryl methyl sites for hydroxylation is 1. The third-order valence-electron chi connectivity index (χ3n) is 6.42. The van der Waals surface area contributed by atoms with E-state index < -0.39 is 0 Å². The van der Waals surface area contributed by atoms with Gasteiger partial charge in [0.15, 0.2) is 0 Å². The predicted molar refractivity (Wildman–Crippen MR) is 97.6 cm³/mol. The van der Waals surface area contributed by atoms with Crippen molar-refractivity contribution in [2.24, 2.45) is 13.0 Å². The second kappa shape index (κ2) is 6.68. The quantitative estimate of drug-likeness (QED) is 0.807. The van der Waals surface area contributed by atoms with E-state index in [1.165, 1.54) is 12.8 Å². The Bertz CT molecular complexity index is 698. The SMILES string of the molecule is CN1CCN(C(=O)c2cnn(C)c2)C[C@]12CCC(=O)N(CC1CC1)CC2. The molecule has 0 N–H and O–H groups in total. The maximum Gasteiger partial charge on any atom is 0.257 e. The highest BCUT2D eigenvalue weighted by Gasteiger charge is 2.44. The van der Waals surface area contributed by atoms with E-state index in [0.717, 1.165) is 44.9 Å². The number of likely N-dealkylation sites (tertiary alicyclic amines) is 1. The van der Waals surface area contributed by atoms with Gasteiger partial charge in [0.1, 0.15) is 0 Å². The molecule has 7 heteroatoms. The van der Waals surface area contributed by atoms with E-state index in [1.54, 1.807) is 17.1 Å². The molecule has 1 aromatic rings. The van der Waals surface area contributed by atoms with Crippen LogP contribution in [0.4, 0.5) is 0 Å². The van der Waals surface area contributed by atoms with Crippen molar-refractivity contribution < 1.29 is 9.59 Å².